The minimum atomic E-state index is -1.31. The van der Waals surface area contributed by atoms with Crippen LogP contribution in [0.3, 0.4) is 0 Å². The second-order valence-electron chi connectivity index (χ2n) is 3.79. The maximum atomic E-state index is 13.6. The van der Waals surface area contributed by atoms with Crippen molar-refractivity contribution in [1.29, 1.82) is 0 Å². The number of nitro benzene ring substituents is 1. The first kappa shape index (κ1) is 15.8. The van der Waals surface area contributed by atoms with Crippen LogP contribution in [-0.2, 0) is 0 Å². The molecule has 0 radical (unpaired) electrons. The molecule has 0 fully saturated rings. The summed E-state index contributed by atoms with van der Waals surface area (Å²) in [7, 11) is 0. The van der Waals surface area contributed by atoms with E-state index in [1.165, 1.54) is 0 Å². The van der Waals surface area contributed by atoms with Crippen molar-refractivity contribution in [3.8, 4) is 11.5 Å². The van der Waals surface area contributed by atoms with Gasteiger partial charge in [-0.15, -0.1) is 0 Å². The zero-order valence-electron chi connectivity index (χ0n) is 9.87. The first-order chi connectivity index (χ1) is 9.79. The summed E-state index contributed by atoms with van der Waals surface area (Å²) >= 11 is 5.78. The highest BCUT2D eigenvalue weighted by molar-refractivity contribution is 9.10. The highest BCUT2D eigenvalue weighted by atomic mass is 79.9. The van der Waals surface area contributed by atoms with E-state index in [1.54, 1.807) is 0 Å². The van der Waals surface area contributed by atoms with Gasteiger partial charge in [0.25, 0.3) is 0 Å². The average molecular weight is 427 g/mol. The number of benzene rings is 2. The second kappa shape index (κ2) is 6.02. The van der Waals surface area contributed by atoms with Crippen molar-refractivity contribution in [3.05, 3.63) is 60.8 Å². The maximum Gasteiger partial charge on any atom is 0.314 e. The first-order valence-corrected chi connectivity index (χ1v) is 6.84. The number of ether oxygens (including phenoxy) is 1. The van der Waals surface area contributed by atoms with Crippen LogP contribution < -0.4 is 4.74 Å². The van der Waals surface area contributed by atoms with Crippen LogP contribution in [0.2, 0.25) is 0 Å². The summed E-state index contributed by atoms with van der Waals surface area (Å²) in [4.78, 5) is 9.97. The molecule has 110 valence electrons. The van der Waals surface area contributed by atoms with Gasteiger partial charge in [0.05, 0.1) is 15.5 Å². The van der Waals surface area contributed by atoms with Gasteiger partial charge in [0.15, 0.2) is 11.6 Å². The van der Waals surface area contributed by atoms with E-state index in [1.807, 2.05) is 0 Å². The predicted molar refractivity (Wildman–Crippen MR) is 74.9 cm³/mol. The van der Waals surface area contributed by atoms with Gasteiger partial charge in [0.2, 0.25) is 11.6 Å². The zero-order chi connectivity index (χ0) is 15.7. The molecule has 0 aliphatic carbocycles. The number of nitrogens with zero attached hydrogens (tertiary/aromatic N) is 1. The smallest absolute Gasteiger partial charge is 0.314 e. The maximum absolute atomic E-state index is 13.6. The molecule has 0 N–H and O–H groups in total. The largest absolute Gasteiger partial charge is 0.447 e. The van der Waals surface area contributed by atoms with Crippen molar-refractivity contribution >= 4 is 37.5 Å². The van der Waals surface area contributed by atoms with Crippen LogP contribution in [0.5, 0.6) is 11.5 Å². The van der Waals surface area contributed by atoms with Crippen LogP contribution in [0.25, 0.3) is 0 Å². The molecule has 0 aliphatic rings. The Hall–Kier alpha value is -1.61. The molecular weight excluding hydrogens is 423 g/mol. The minimum absolute atomic E-state index is 0.112. The van der Waals surface area contributed by atoms with Gasteiger partial charge in [0, 0.05) is 10.5 Å². The molecule has 2 aromatic rings. The van der Waals surface area contributed by atoms with E-state index in [2.05, 4.69) is 31.9 Å². The van der Waals surface area contributed by atoms with E-state index in [0.717, 1.165) is 18.2 Å². The number of hydrogen-bond donors (Lipinski definition) is 0. The quantitative estimate of drug-likeness (QED) is 0.378. The number of rotatable bonds is 3. The Morgan fingerprint density at radius 3 is 2.29 bits per heavy atom. The molecule has 0 atom stereocenters. The molecular formula is C12H4Br2F3NO3. The first-order valence-electron chi connectivity index (χ1n) is 5.25. The van der Waals surface area contributed by atoms with Gasteiger partial charge >= 0.3 is 5.69 Å². The van der Waals surface area contributed by atoms with Crippen molar-refractivity contribution in [2.45, 2.75) is 0 Å². The van der Waals surface area contributed by atoms with Crippen molar-refractivity contribution in [3.63, 3.8) is 0 Å². The monoisotopic (exact) mass is 425 g/mol. The third-order valence-corrected chi connectivity index (χ3v) is 3.44. The van der Waals surface area contributed by atoms with E-state index < -0.39 is 39.6 Å². The van der Waals surface area contributed by atoms with Crippen LogP contribution >= 0.6 is 31.9 Å². The third-order valence-electron chi connectivity index (χ3n) is 2.38. The fourth-order valence-electron chi connectivity index (χ4n) is 1.47. The lowest BCUT2D eigenvalue weighted by atomic mass is 10.2. The van der Waals surface area contributed by atoms with Gasteiger partial charge in [0.1, 0.15) is 5.82 Å². The fraction of sp³-hybridized carbons (Fsp3) is 0. The molecule has 9 heteroatoms. The molecule has 0 aliphatic heterocycles. The Morgan fingerprint density at radius 2 is 1.67 bits per heavy atom. The van der Waals surface area contributed by atoms with Crippen LogP contribution in [0.15, 0.2) is 33.2 Å². The van der Waals surface area contributed by atoms with Gasteiger partial charge < -0.3 is 4.74 Å². The third kappa shape index (κ3) is 3.35. The standard InChI is InChI=1S/C12H4Br2F3NO3/c13-5-1-8(16)12(17)11(2-5)21-10-3-6(14)7(15)4-9(10)18(19)20/h1-4H. The summed E-state index contributed by atoms with van der Waals surface area (Å²) in [6.45, 7) is 0. The SMILES string of the molecule is O=[N+]([O-])c1cc(F)c(Br)cc1Oc1cc(Br)cc(F)c1F. The molecule has 0 heterocycles. The summed E-state index contributed by atoms with van der Waals surface area (Å²) in [5, 5.41) is 10.9. The van der Waals surface area contributed by atoms with Crippen molar-refractivity contribution in [2.24, 2.45) is 0 Å². The fourth-order valence-corrected chi connectivity index (χ4v) is 2.20. The van der Waals surface area contributed by atoms with Gasteiger partial charge in [-0.05, 0) is 28.1 Å². The Bertz CT molecular complexity index is 740. The Morgan fingerprint density at radius 1 is 1.00 bits per heavy atom. The average Bonchev–Trinajstić information content (AvgIpc) is 2.39. The van der Waals surface area contributed by atoms with Gasteiger partial charge in [-0.2, -0.15) is 4.39 Å². The zero-order valence-corrected chi connectivity index (χ0v) is 13.0. The summed E-state index contributed by atoms with van der Waals surface area (Å²) in [5.74, 6) is -4.38. The number of hydrogen-bond acceptors (Lipinski definition) is 3. The van der Waals surface area contributed by atoms with Crippen LogP contribution in [0, 0.1) is 27.6 Å². The Balaban J connectivity index is 2.54. The molecule has 4 nitrogen and oxygen atoms in total. The van der Waals surface area contributed by atoms with Crippen molar-refractivity contribution in [1.82, 2.24) is 0 Å². The lowest BCUT2D eigenvalue weighted by Crippen LogP contribution is -1.98. The van der Waals surface area contributed by atoms with E-state index in [0.29, 0.717) is 6.07 Å². The van der Waals surface area contributed by atoms with E-state index >= 15 is 0 Å². The van der Waals surface area contributed by atoms with E-state index in [-0.39, 0.29) is 8.95 Å². The van der Waals surface area contributed by atoms with E-state index in [9.17, 15) is 23.3 Å². The van der Waals surface area contributed by atoms with Crippen LogP contribution in [0.1, 0.15) is 0 Å². The van der Waals surface area contributed by atoms with Gasteiger partial charge in [-0.25, -0.2) is 8.78 Å². The van der Waals surface area contributed by atoms with Crippen molar-refractivity contribution < 1.29 is 22.8 Å². The van der Waals surface area contributed by atoms with E-state index in [4.69, 9.17) is 4.74 Å². The Kier molecular flexibility index (Phi) is 4.52. The molecule has 0 saturated heterocycles. The molecule has 0 bridgehead atoms. The van der Waals surface area contributed by atoms with Crippen LogP contribution in [0.4, 0.5) is 18.9 Å². The summed E-state index contributed by atoms with van der Waals surface area (Å²) in [6, 6.07) is 3.55. The molecule has 0 aromatic heterocycles. The molecule has 0 spiro atoms. The lowest BCUT2D eigenvalue weighted by molar-refractivity contribution is -0.385. The molecule has 0 saturated carbocycles. The van der Waals surface area contributed by atoms with Crippen LogP contribution in [-0.4, -0.2) is 4.92 Å². The summed E-state index contributed by atoms with van der Waals surface area (Å²) in [6.07, 6.45) is 0. The summed E-state index contributed by atoms with van der Waals surface area (Å²) < 4.78 is 45.3. The lowest BCUT2D eigenvalue weighted by Gasteiger charge is -2.09. The molecule has 2 rings (SSSR count). The normalized spacial score (nSPS) is 10.5. The molecule has 2 aromatic carbocycles. The highest BCUT2D eigenvalue weighted by Crippen LogP contribution is 2.37. The number of nitro groups is 1. The second-order valence-corrected chi connectivity index (χ2v) is 5.56. The van der Waals surface area contributed by atoms with Gasteiger partial charge in [-0.3, -0.25) is 10.1 Å². The summed E-state index contributed by atoms with van der Waals surface area (Å²) in [5.41, 5.74) is -0.713. The molecule has 21 heavy (non-hydrogen) atoms. The van der Waals surface area contributed by atoms with Gasteiger partial charge in [-0.1, -0.05) is 15.9 Å². The minimum Gasteiger partial charge on any atom is -0.447 e. The highest BCUT2D eigenvalue weighted by Gasteiger charge is 2.22. The topological polar surface area (TPSA) is 52.4 Å². The number of halogens is 5. The van der Waals surface area contributed by atoms with Crippen molar-refractivity contribution in [2.75, 3.05) is 0 Å². The molecule has 0 amide bonds. The Labute approximate surface area is 132 Å². The predicted octanol–water partition coefficient (Wildman–Crippen LogP) is 5.33. The molecule has 0 unspecified atom stereocenters.